The minimum absolute atomic E-state index is 0.836. The normalized spacial score (nSPS) is 11.0. The van der Waals surface area contributed by atoms with Gasteiger partial charge in [-0.15, -0.1) is 0 Å². The number of hydrogen-bond donors (Lipinski definition) is 0. The lowest BCUT2D eigenvalue weighted by Crippen LogP contribution is -2.10. The lowest BCUT2D eigenvalue weighted by molar-refractivity contribution is 0.674. The van der Waals surface area contributed by atoms with Crippen LogP contribution in [0.15, 0.2) is 42.1 Å². The van der Waals surface area contributed by atoms with Crippen LogP contribution >= 0.6 is 0 Å². The molecule has 15 heavy (non-hydrogen) atoms. The molecule has 1 heteroatoms. The largest absolute Gasteiger partial charge is 0.111 e. The number of hydrogen-bond acceptors (Lipinski definition) is 0. The average molecular weight is 216 g/mol. The maximum Gasteiger partial charge on any atom is 0.111 e. The highest BCUT2D eigenvalue weighted by Gasteiger charge is 1.88. The molecule has 1 aromatic carbocycles. The molecule has 0 aliphatic carbocycles. The van der Waals surface area contributed by atoms with Crippen LogP contribution in [0.25, 0.3) is 0 Å². The van der Waals surface area contributed by atoms with Crippen LogP contribution in [0.5, 0.6) is 0 Å². The standard InChI is InChI=1S/C14H20Si/c1-2-3-4-5-6-10-13-15-14-11-8-7-9-12-14/h7-13H,2-6H2,1H3/b13-10-. The first-order chi connectivity index (χ1) is 7.43. The summed E-state index contributed by atoms with van der Waals surface area (Å²) in [7, 11) is 0.836. The van der Waals surface area contributed by atoms with Crippen LogP contribution in [0, 0.1) is 0 Å². The first-order valence-electron chi connectivity index (χ1n) is 5.90. The third-order valence-corrected chi connectivity index (χ3v) is 3.44. The Kier molecular flexibility index (Phi) is 6.93. The summed E-state index contributed by atoms with van der Waals surface area (Å²) in [6, 6.07) is 10.7. The molecular formula is C14H20Si. The fourth-order valence-electron chi connectivity index (χ4n) is 1.46. The molecule has 0 saturated heterocycles. The number of allylic oxidation sites excluding steroid dienone is 1. The molecule has 1 aromatic rings. The number of unbranched alkanes of at least 4 members (excludes halogenated alkanes) is 4. The second kappa shape index (κ2) is 8.48. The van der Waals surface area contributed by atoms with Gasteiger partial charge < -0.3 is 0 Å². The van der Waals surface area contributed by atoms with Gasteiger partial charge in [-0.2, -0.15) is 0 Å². The van der Waals surface area contributed by atoms with Crippen LogP contribution in [-0.2, 0) is 0 Å². The highest BCUT2D eigenvalue weighted by atomic mass is 28.2. The highest BCUT2D eigenvalue weighted by Crippen LogP contribution is 2.02. The summed E-state index contributed by atoms with van der Waals surface area (Å²) in [5.41, 5.74) is 2.32. The van der Waals surface area contributed by atoms with E-state index in [1.807, 2.05) is 0 Å². The van der Waals surface area contributed by atoms with E-state index < -0.39 is 0 Å². The van der Waals surface area contributed by atoms with Crippen LogP contribution in [0.2, 0.25) is 0 Å². The Labute approximate surface area is 96.2 Å². The third kappa shape index (κ3) is 6.29. The van der Waals surface area contributed by atoms with Gasteiger partial charge in [0.25, 0.3) is 0 Å². The molecule has 0 amide bonds. The summed E-state index contributed by atoms with van der Waals surface area (Å²) < 4.78 is 0. The molecule has 0 aromatic heterocycles. The molecule has 0 saturated carbocycles. The van der Waals surface area contributed by atoms with E-state index in [2.05, 4.69) is 49.0 Å². The van der Waals surface area contributed by atoms with Crippen LogP contribution in [0.1, 0.15) is 39.0 Å². The molecule has 0 heterocycles. The fourth-order valence-corrected chi connectivity index (χ4v) is 2.32. The van der Waals surface area contributed by atoms with Gasteiger partial charge in [0.2, 0.25) is 0 Å². The van der Waals surface area contributed by atoms with Gasteiger partial charge in [0.15, 0.2) is 0 Å². The monoisotopic (exact) mass is 216 g/mol. The molecule has 0 unspecified atom stereocenters. The first-order valence-corrected chi connectivity index (χ1v) is 6.98. The SMILES string of the molecule is CCCCCC/C=C\[Si]c1ccccc1. The molecule has 80 valence electrons. The molecule has 0 bridgehead atoms. The van der Waals surface area contributed by atoms with E-state index >= 15 is 0 Å². The zero-order valence-corrected chi connectivity index (χ0v) is 10.6. The van der Waals surface area contributed by atoms with Crippen molar-refractivity contribution >= 4 is 14.7 Å². The molecule has 0 atom stereocenters. The summed E-state index contributed by atoms with van der Waals surface area (Å²) >= 11 is 0. The molecule has 0 nitrogen and oxygen atoms in total. The zero-order chi connectivity index (χ0) is 10.8. The predicted octanol–water partition coefficient (Wildman–Crippen LogP) is 3.50. The number of benzene rings is 1. The maximum atomic E-state index is 2.33. The predicted molar refractivity (Wildman–Crippen MR) is 69.7 cm³/mol. The maximum absolute atomic E-state index is 2.33. The topological polar surface area (TPSA) is 0 Å². The Morgan fingerprint density at radius 2 is 1.87 bits per heavy atom. The number of rotatable bonds is 7. The van der Waals surface area contributed by atoms with Crippen molar-refractivity contribution in [2.24, 2.45) is 0 Å². The van der Waals surface area contributed by atoms with Gasteiger partial charge in [-0.1, -0.05) is 73.5 Å². The average Bonchev–Trinajstić information content (AvgIpc) is 2.29. The molecule has 0 fully saturated rings. The van der Waals surface area contributed by atoms with Crippen LogP contribution < -0.4 is 5.19 Å². The van der Waals surface area contributed by atoms with E-state index in [1.165, 1.54) is 37.3 Å². The smallest absolute Gasteiger partial charge is 0.0973 e. The van der Waals surface area contributed by atoms with Gasteiger partial charge in [-0.3, -0.25) is 0 Å². The molecular weight excluding hydrogens is 196 g/mol. The fraction of sp³-hybridized carbons (Fsp3) is 0.429. The van der Waals surface area contributed by atoms with Gasteiger partial charge in [-0.25, -0.2) is 0 Å². The lowest BCUT2D eigenvalue weighted by Gasteiger charge is -1.95. The van der Waals surface area contributed by atoms with Crippen molar-refractivity contribution in [3.8, 4) is 0 Å². The molecule has 0 aliphatic rings. The van der Waals surface area contributed by atoms with Crippen molar-refractivity contribution in [2.75, 3.05) is 0 Å². The molecule has 2 radical (unpaired) electrons. The summed E-state index contributed by atoms with van der Waals surface area (Å²) in [6.07, 6.45) is 9.03. The van der Waals surface area contributed by atoms with Crippen molar-refractivity contribution in [3.05, 3.63) is 42.1 Å². The van der Waals surface area contributed by atoms with Gasteiger partial charge in [-0.05, 0) is 12.8 Å². The molecule has 0 spiro atoms. The Morgan fingerprint density at radius 1 is 1.07 bits per heavy atom. The molecule has 0 N–H and O–H groups in total. The van der Waals surface area contributed by atoms with Crippen molar-refractivity contribution in [3.63, 3.8) is 0 Å². The minimum atomic E-state index is 0.836. The van der Waals surface area contributed by atoms with Crippen LogP contribution in [0.3, 0.4) is 0 Å². The van der Waals surface area contributed by atoms with Crippen molar-refractivity contribution < 1.29 is 0 Å². The second-order valence-corrected chi connectivity index (χ2v) is 4.96. The van der Waals surface area contributed by atoms with E-state index in [0.29, 0.717) is 0 Å². The van der Waals surface area contributed by atoms with E-state index in [9.17, 15) is 0 Å². The minimum Gasteiger partial charge on any atom is -0.0973 e. The van der Waals surface area contributed by atoms with E-state index in [0.717, 1.165) is 9.52 Å². The highest BCUT2D eigenvalue weighted by molar-refractivity contribution is 6.58. The molecule has 0 aliphatic heterocycles. The Balaban J connectivity index is 2.07. The van der Waals surface area contributed by atoms with Gasteiger partial charge in [0, 0.05) is 0 Å². The Morgan fingerprint density at radius 3 is 2.60 bits per heavy atom. The van der Waals surface area contributed by atoms with E-state index in [4.69, 9.17) is 0 Å². The zero-order valence-electron chi connectivity index (χ0n) is 9.58. The van der Waals surface area contributed by atoms with Crippen molar-refractivity contribution in [2.45, 2.75) is 39.0 Å². The van der Waals surface area contributed by atoms with Gasteiger partial charge in [0.05, 0.1) is 0 Å². The Bertz CT molecular complexity index is 264. The summed E-state index contributed by atoms with van der Waals surface area (Å²) in [6.45, 7) is 2.26. The third-order valence-electron chi connectivity index (χ3n) is 2.37. The quantitative estimate of drug-likeness (QED) is 0.483. The first kappa shape index (κ1) is 12.2. The van der Waals surface area contributed by atoms with Crippen molar-refractivity contribution in [1.82, 2.24) is 0 Å². The van der Waals surface area contributed by atoms with E-state index in [-0.39, 0.29) is 0 Å². The van der Waals surface area contributed by atoms with Gasteiger partial charge in [0.1, 0.15) is 9.52 Å². The molecule has 1 rings (SSSR count). The summed E-state index contributed by atoms with van der Waals surface area (Å²) in [5.74, 6) is 0. The second-order valence-electron chi connectivity index (χ2n) is 3.76. The van der Waals surface area contributed by atoms with Crippen LogP contribution in [0.4, 0.5) is 0 Å². The summed E-state index contributed by atoms with van der Waals surface area (Å²) in [5, 5.41) is 1.43. The van der Waals surface area contributed by atoms with Crippen LogP contribution in [-0.4, -0.2) is 9.52 Å². The van der Waals surface area contributed by atoms with E-state index in [1.54, 1.807) is 0 Å². The summed E-state index contributed by atoms with van der Waals surface area (Å²) in [4.78, 5) is 0. The van der Waals surface area contributed by atoms with Crippen molar-refractivity contribution in [1.29, 1.82) is 0 Å². The Hall–Kier alpha value is -0.823. The van der Waals surface area contributed by atoms with Gasteiger partial charge >= 0.3 is 0 Å². The lowest BCUT2D eigenvalue weighted by atomic mass is 10.2.